The van der Waals surface area contributed by atoms with Crippen molar-refractivity contribution in [3.05, 3.63) is 24.0 Å². The van der Waals surface area contributed by atoms with E-state index in [2.05, 4.69) is 21.7 Å². The lowest BCUT2D eigenvalue weighted by Crippen LogP contribution is -2.40. The zero-order valence-electron chi connectivity index (χ0n) is 14.5. The van der Waals surface area contributed by atoms with E-state index in [9.17, 15) is 4.79 Å². The van der Waals surface area contributed by atoms with Gasteiger partial charge in [-0.2, -0.15) is 0 Å². The molecule has 2 aliphatic heterocycles. The highest BCUT2D eigenvalue weighted by atomic mass is 16.5. The monoisotopic (exact) mass is 329 g/mol. The van der Waals surface area contributed by atoms with Crippen molar-refractivity contribution in [1.82, 2.24) is 9.88 Å². The van der Waals surface area contributed by atoms with Crippen LogP contribution in [0.1, 0.15) is 43.1 Å². The number of anilines is 1. The van der Waals surface area contributed by atoms with Gasteiger partial charge in [0.05, 0.1) is 13.2 Å². The average Bonchev–Trinajstić information content (AvgIpc) is 2.99. The minimum atomic E-state index is 0.117. The normalized spacial score (nSPS) is 30.3. The second kappa shape index (κ2) is 6.71. The minimum Gasteiger partial charge on any atom is -0.378 e. The molecule has 3 aliphatic rings. The predicted octanol–water partition coefficient (Wildman–Crippen LogP) is 2.57. The smallest absolute Gasteiger partial charge is 0.272 e. The summed E-state index contributed by atoms with van der Waals surface area (Å²) in [7, 11) is 0. The highest BCUT2D eigenvalue weighted by Crippen LogP contribution is 2.40. The van der Waals surface area contributed by atoms with Crippen LogP contribution in [0, 0.1) is 11.8 Å². The van der Waals surface area contributed by atoms with Crippen LogP contribution in [-0.4, -0.2) is 54.7 Å². The van der Waals surface area contributed by atoms with Crippen LogP contribution in [0.3, 0.4) is 0 Å². The number of hydrogen-bond donors (Lipinski definition) is 0. The molecule has 24 heavy (non-hydrogen) atoms. The first-order valence-electron chi connectivity index (χ1n) is 9.34. The first-order chi connectivity index (χ1) is 11.7. The average molecular weight is 329 g/mol. The number of nitrogens with zero attached hydrogens (tertiary/aromatic N) is 3. The molecule has 0 spiro atoms. The third-order valence-corrected chi connectivity index (χ3v) is 6.00. The van der Waals surface area contributed by atoms with Gasteiger partial charge >= 0.3 is 0 Å². The van der Waals surface area contributed by atoms with Gasteiger partial charge in [0.15, 0.2) is 0 Å². The zero-order chi connectivity index (χ0) is 16.5. The maximum absolute atomic E-state index is 13.1. The predicted molar refractivity (Wildman–Crippen MR) is 93.2 cm³/mol. The van der Waals surface area contributed by atoms with Crippen molar-refractivity contribution in [3.63, 3.8) is 0 Å². The standard InChI is InChI=1S/C19H27N3O2/c1-14-13-22(18-5-3-2-4-16(14)18)19(23)17-12-15(6-7-20-17)21-8-10-24-11-9-21/h6-7,12,14,16,18H,2-5,8-11,13H2,1H3/t14-,16+,18+/m1/s1. The Balaban J connectivity index is 1.54. The van der Waals surface area contributed by atoms with E-state index in [0.717, 1.165) is 45.0 Å². The molecule has 1 saturated carbocycles. The molecule has 1 aliphatic carbocycles. The number of amides is 1. The van der Waals surface area contributed by atoms with Gasteiger partial charge in [-0.3, -0.25) is 9.78 Å². The summed E-state index contributed by atoms with van der Waals surface area (Å²) in [6.07, 6.45) is 6.77. The van der Waals surface area contributed by atoms with E-state index in [1.165, 1.54) is 19.3 Å². The molecular weight excluding hydrogens is 302 g/mol. The summed E-state index contributed by atoms with van der Waals surface area (Å²) >= 11 is 0. The number of carbonyl (C=O) groups excluding carboxylic acids is 1. The lowest BCUT2D eigenvalue weighted by Gasteiger charge is -2.32. The van der Waals surface area contributed by atoms with Crippen LogP contribution in [0.2, 0.25) is 0 Å². The summed E-state index contributed by atoms with van der Waals surface area (Å²) in [6, 6.07) is 4.39. The SMILES string of the molecule is C[C@@H]1CN(C(=O)c2cc(N3CCOCC3)ccn2)[C@H]2CCCC[C@@H]12. The van der Waals surface area contributed by atoms with E-state index >= 15 is 0 Å². The van der Waals surface area contributed by atoms with Gasteiger partial charge in [0.2, 0.25) is 0 Å². The first-order valence-corrected chi connectivity index (χ1v) is 9.34. The molecule has 0 N–H and O–H groups in total. The molecule has 1 aromatic heterocycles. The first kappa shape index (κ1) is 15.9. The lowest BCUT2D eigenvalue weighted by molar-refractivity contribution is 0.0684. The summed E-state index contributed by atoms with van der Waals surface area (Å²) in [5.74, 6) is 1.41. The number of pyridine rings is 1. The van der Waals surface area contributed by atoms with Crippen LogP contribution in [0.15, 0.2) is 18.3 Å². The summed E-state index contributed by atoms with van der Waals surface area (Å²) < 4.78 is 5.42. The Morgan fingerprint density at radius 1 is 1.25 bits per heavy atom. The van der Waals surface area contributed by atoms with E-state index in [-0.39, 0.29) is 5.91 Å². The largest absolute Gasteiger partial charge is 0.378 e. The number of fused-ring (bicyclic) bond motifs is 1. The Hall–Kier alpha value is -1.62. The van der Waals surface area contributed by atoms with E-state index in [1.807, 2.05) is 12.1 Å². The van der Waals surface area contributed by atoms with Crippen LogP contribution in [0.25, 0.3) is 0 Å². The maximum atomic E-state index is 13.1. The molecular formula is C19H27N3O2. The molecule has 0 radical (unpaired) electrons. The van der Waals surface area contributed by atoms with Gasteiger partial charge in [0, 0.05) is 37.6 Å². The Kier molecular flexibility index (Phi) is 4.44. The molecule has 5 heteroatoms. The van der Waals surface area contributed by atoms with Gasteiger partial charge in [-0.15, -0.1) is 0 Å². The quantitative estimate of drug-likeness (QED) is 0.836. The van der Waals surface area contributed by atoms with Gasteiger partial charge < -0.3 is 14.5 Å². The molecule has 4 rings (SSSR count). The highest BCUT2D eigenvalue weighted by molar-refractivity contribution is 5.93. The van der Waals surface area contributed by atoms with Crippen LogP contribution in [-0.2, 0) is 4.74 Å². The Bertz CT molecular complexity index is 600. The fourth-order valence-electron chi connectivity index (χ4n) is 4.71. The van der Waals surface area contributed by atoms with Gasteiger partial charge in [-0.25, -0.2) is 0 Å². The molecule has 3 atom stereocenters. The molecule has 130 valence electrons. The Morgan fingerprint density at radius 3 is 2.88 bits per heavy atom. The van der Waals surface area contributed by atoms with Crippen molar-refractivity contribution >= 4 is 11.6 Å². The van der Waals surface area contributed by atoms with Gasteiger partial charge in [0.1, 0.15) is 5.69 Å². The zero-order valence-corrected chi connectivity index (χ0v) is 14.5. The summed E-state index contributed by atoms with van der Waals surface area (Å²) in [6.45, 7) is 6.44. The number of morpholine rings is 1. The third-order valence-electron chi connectivity index (χ3n) is 6.00. The summed E-state index contributed by atoms with van der Waals surface area (Å²) in [5, 5.41) is 0. The van der Waals surface area contributed by atoms with Crippen molar-refractivity contribution in [2.24, 2.45) is 11.8 Å². The third kappa shape index (κ3) is 2.90. The number of rotatable bonds is 2. The highest BCUT2D eigenvalue weighted by Gasteiger charge is 2.43. The molecule has 2 saturated heterocycles. The Labute approximate surface area is 144 Å². The van der Waals surface area contributed by atoms with E-state index in [0.29, 0.717) is 23.6 Å². The van der Waals surface area contributed by atoms with Crippen molar-refractivity contribution in [1.29, 1.82) is 0 Å². The molecule has 3 fully saturated rings. The summed E-state index contributed by atoms with van der Waals surface area (Å²) in [5.41, 5.74) is 1.68. The maximum Gasteiger partial charge on any atom is 0.272 e. The minimum absolute atomic E-state index is 0.117. The van der Waals surface area contributed by atoms with Crippen molar-refractivity contribution in [3.8, 4) is 0 Å². The van der Waals surface area contributed by atoms with Crippen molar-refractivity contribution in [2.45, 2.75) is 38.6 Å². The lowest BCUT2D eigenvalue weighted by atomic mass is 9.80. The fourth-order valence-corrected chi connectivity index (χ4v) is 4.71. The number of likely N-dealkylation sites (tertiary alicyclic amines) is 1. The van der Waals surface area contributed by atoms with Crippen molar-refractivity contribution in [2.75, 3.05) is 37.7 Å². The van der Waals surface area contributed by atoms with Crippen LogP contribution in [0.5, 0.6) is 0 Å². The number of carbonyl (C=O) groups is 1. The molecule has 0 aromatic carbocycles. The van der Waals surface area contributed by atoms with Crippen LogP contribution in [0.4, 0.5) is 5.69 Å². The molecule has 3 heterocycles. The fraction of sp³-hybridized carbons (Fsp3) is 0.684. The van der Waals surface area contributed by atoms with E-state index < -0.39 is 0 Å². The molecule has 0 unspecified atom stereocenters. The number of aromatic nitrogens is 1. The second-order valence-corrected chi connectivity index (χ2v) is 7.45. The topological polar surface area (TPSA) is 45.7 Å². The van der Waals surface area contributed by atoms with E-state index in [1.54, 1.807) is 6.20 Å². The Morgan fingerprint density at radius 2 is 2.04 bits per heavy atom. The molecule has 1 aromatic rings. The number of hydrogen-bond acceptors (Lipinski definition) is 4. The molecule has 0 bridgehead atoms. The number of ether oxygens (including phenoxy) is 1. The van der Waals surface area contributed by atoms with Crippen LogP contribution < -0.4 is 4.90 Å². The second-order valence-electron chi connectivity index (χ2n) is 7.45. The van der Waals surface area contributed by atoms with E-state index in [4.69, 9.17) is 4.74 Å². The summed E-state index contributed by atoms with van der Waals surface area (Å²) in [4.78, 5) is 21.9. The van der Waals surface area contributed by atoms with Crippen molar-refractivity contribution < 1.29 is 9.53 Å². The van der Waals surface area contributed by atoms with Gasteiger partial charge in [0.25, 0.3) is 5.91 Å². The molecule has 5 nitrogen and oxygen atoms in total. The van der Waals surface area contributed by atoms with Gasteiger partial charge in [-0.05, 0) is 36.8 Å². The van der Waals surface area contributed by atoms with Gasteiger partial charge in [-0.1, -0.05) is 19.8 Å². The molecule has 1 amide bonds. The van der Waals surface area contributed by atoms with Crippen LogP contribution >= 0.6 is 0 Å².